The molecule has 1 unspecified atom stereocenters. The molecule has 0 saturated heterocycles. The second-order valence-corrected chi connectivity index (χ2v) is 6.08. The fraction of sp³-hybridized carbons (Fsp3) is 0.529. The van der Waals surface area contributed by atoms with E-state index in [1.165, 1.54) is 6.21 Å². The Bertz CT molecular complexity index is 567. The topological polar surface area (TPSA) is 89.4 Å². The normalized spacial score (nSPS) is 12.7. The SMILES string of the molecule is CCOc1cc(C(C/C=N/O)NC(=O)OC(C)(C)C)ccc1OC. The van der Waals surface area contributed by atoms with Gasteiger partial charge in [0.2, 0.25) is 0 Å². The number of nitrogens with one attached hydrogen (secondary N) is 1. The van der Waals surface area contributed by atoms with Gasteiger partial charge < -0.3 is 24.7 Å². The molecule has 2 N–H and O–H groups in total. The summed E-state index contributed by atoms with van der Waals surface area (Å²) in [4.78, 5) is 12.0. The van der Waals surface area contributed by atoms with Crippen molar-refractivity contribution >= 4 is 12.3 Å². The van der Waals surface area contributed by atoms with Crippen molar-refractivity contribution in [3.05, 3.63) is 23.8 Å². The Morgan fingerprint density at radius 3 is 2.62 bits per heavy atom. The number of ether oxygens (including phenoxy) is 3. The van der Waals surface area contributed by atoms with Crippen molar-refractivity contribution in [2.75, 3.05) is 13.7 Å². The molecule has 0 saturated carbocycles. The number of oxime groups is 1. The summed E-state index contributed by atoms with van der Waals surface area (Å²) in [6, 6.07) is 4.94. The quantitative estimate of drug-likeness (QED) is 0.451. The zero-order chi connectivity index (χ0) is 18.2. The van der Waals surface area contributed by atoms with E-state index in [0.29, 0.717) is 24.5 Å². The van der Waals surface area contributed by atoms with Gasteiger partial charge in [0.05, 0.1) is 19.8 Å². The molecule has 1 aromatic rings. The van der Waals surface area contributed by atoms with Crippen LogP contribution in [0.5, 0.6) is 11.5 Å². The van der Waals surface area contributed by atoms with Gasteiger partial charge in [0.25, 0.3) is 0 Å². The van der Waals surface area contributed by atoms with Crippen LogP contribution in [0.3, 0.4) is 0 Å². The summed E-state index contributed by atoms with van der Waals surface area (Å²) in [6.45, 7) is 7.73. The second kappa shape index (κ2) is 9.00. The van der Waals surface area contributed by atoms with E-state index in [2.05, 4.69) is 10.5 Å². The third-order valence-corrected chi connectivity index (χ3v) is 3.00. The maximum atomic E-state index is 12.0. The number of methoxy groups -OCH3 is 1. The van der Waals surface area contributed by atoms with Gasteiger partial charge in [0.1, 0.15) is 5.60 Å². The third kappa shape index (κ3) is 6.36. The van der Waals surface area contributed by atoms with Crippen LogP contribution in [0.4, 0.5) is 4.79 Å². The van der Waals surface area contributed by atoms with Crippen LogP contribution in [0, 0.1) is 0 Å². The Labute approximate surface area is 142 Å². The molecule has 7 heteroatoms. The van der Waals surface area contributed by atoms with Crippen LogP contribution in [-0.2, 0) is 4.74 Å². The average molecular weight is 338 g/mol. The Morgan fingerprint density at radius 2 is 2.08 bits per heavy atom. The summed E-state index contributed by atoms with van der Waals surface area (Å²) in [5.74, 6) is 1.18. The fourth-order valence-corrected chi connectivity index (χ4v) is 2.06. The lowest BCUT2D eigenvalue weighted by Gasteiger charge is -2.23. The van der Waals surface area contributed by atoms with Crippen molar-refractivity contribution in [3.8, 4) is 11.5 Å². The zero-order valence-electron chi connectivity index (χ0n) is 14.8. The summed E-state index contributed by atoms with van der Waals surface area (Å²) in [5.41, 5.74) is 0.181. The van der Waals surface area contributed by atoms with E-state index in [4.69, 9.17) is 19.4 Å². The minimum absolute atomic E-state index is 0.299. The summed E-state index contributed by atoms with van der Waals surface area (Å²) in [6.07, 6.45) is 1.06. The van der Waals surface area contributed by atoms with Gasteiger partial charge in [-0.3, -0.25) is 0 Å². The van der Waals surface area contributed by atoms with Crippen LogP contribution in [0.2, 0.25) is 0 Å². The molecule has 0 aliphatic carbocycles. The lowest BCUT2D eigenvalue weighted by atomic mass is 10.0. The molecule has 7 nitrogen and oxygen atoms in total. The molecule has 134 valence electrons. The molecular weight excluding hydrogens is 312 g/mol. The Balaban J connectivity index is 3.02. The molecule has 1 rings (SSSR count). The predicted molar refractivity (Wildman–Crippen MR) is 91.2 cm³/mol. The molecule has 0 radical (unpaired) electrons. The lowest BCUT2D eigenvalue weighted by molar-refractivity contribution is 0.0505. The van der Waals surface area contributed by atoms with Crippen LogP contribution >= 0.6 is 0 Å². The molecule has 24 heavy (non-hydrogen) atoms. The van der Waals surface area contributed by atoms with Gasteiger partial charge in [-0.15, -0.1) is 5.16 Å². The van der Waals surface area contributed by atoms with Crippen LogP contribution in [0.25, 0.3) is 0 Å². The van der Waals surface area contributed by atoms with E-state index >= 15 is 0 Å². The molecule has 0 spiro atoms. The standard InChI is InChI=1S/C17H26N2O5/c1-6-23-15-11-12(7-8-14(15)22-5)13(9-10-18-21)19-16(20)24-17(2,3)4/h7-8,10-11,13,21H,6,9H2,1-5H3,(H,19,20)/b18-10+. The van der Waals surface area contributed by atoms with Gasteiger partial charge in [-0.2, -0.15) is 0 Å². The van der Waals surface area contributed by atoms with Crippen LogP contribution in [0.15, 0.2) is 23.4 Å². The zero-order valence-corrected chi connectivity index (χ0v) is 14.8. The van der Waals surface area contributed by atoms with Crippen molar-refractivity contribution in [1.82, 2.24) is 5.32 Å². The lowest BCUT2D eigenvalue weighted by Crippen LogP contribution is -2.35. The molecule has 1 amide bonds. The second-order valence-electron chi connectivity index (χ2n) is 6.08. The number of hydrogen-bond acceptors (Lipinski definition) is 6. The fourth-order valence-electron chi connectivity index (χ4n) is 2.06. The number of benzene rings is 1. The summed E-state index contributed by atoms with van der Waals surface area (Å²) in [5, 5.41) is 14.5. The first kappa shape index (κ1) is 19.6. The van der Waals surface area contributed by atoms with Gasteiger partial charge in [-0.05, 0) is 45.4 Å². The van der Waals surface area contributed by atoms with Gasteiger partial charge in [-0.1, -0.05) is 6.07 Å². The van der Waals surface area contributed by atoms with Gasteiger partial charge in [0, 0.05) is 12.6 Å². The van der Waals surface area contributed by atoms with Crippen LogP contribution in [-0.4, -0.2) is 36.8 Å². The Morgan fingerprint density at radius 1 is 1.38 bits per heavy atom. The van der Waals surface area contributed by atoms with Crippen LogP contribution in [0.1, 0.15) is 45.7 Å². The molecule has 1 aromatic carbocycles. The van der Waals surface area contributed by atoms with Crippen molar-refractivity contribution in [2.24, 2.45) is 5.16 Å². The van der Waals surface area contributed by atoms with E-state index < -0.39 is 17.7 Å². The number of alkyl carbamates (subject to hydrolysis) is 1. The molecule has 0 aromatic heterocycles. The summed E-state index contributed by atoms with van der Waals surface area (Å²) >= 11 is 0. The Hall–Kier alpha value is -2.44. The first-order valence-electron chi connectivity index (χ1n) is 7.76. The van der Waals surface area contributed by atoms with Crippen LogP contribution < -0.4 is 14.8 Å². The minimum atomic E-state index is -0.601. The largest absolute Gasteiger partial charge is 0.493 e. The highest BCUT2D eigenvalue weighted by Crippen LogP contribution is 2.31. The number of carbonyl (C=O) groups excluding carboxylic acids is 1. The van der Waals surface area contributed by atoms with Crippen molar-refractivity contribution in [3.63, 3.8) is 0 Å². The molecule has 0 bridgehead atoms. The number of rotatable bonds is 7. The highest BCUT2D eigenvalue weighted by Gasteiger charge is 2.21. The Kier molecular flexibility index (Phi) is 7.35. The highest BCUT2D eigenvalue weighted by molar-refractivity contribution is 5.70. The molecule has 0 aliphatic heterocycles. The van der Waals surface area contributed by atoms with E-state index in [9.17, 15) is 4.79 Å². The number of amides is 1. The maximum Gasteiger partial charge on any atom is 0.408 e. The third-order valence-electron chi connectivity index (χ3n) is 3.00. The minimum Gasteiger partial charge on any atom is -0.493 e. The van der Waals surface area contributed by atoms with Gasteiger partial charge >= 0.3 is 6.09 Å². The van der Waals surface area contributed by atoms with E-state index in [-0.39, 0.29) is 0 Å². The molecule has 0 heterocycles. The molecular formula is C17H26N2O5. The van der Waals surface area contributed by atoms with E-state index in [1.54, 1.807) is 40.0 Å². The van der Waals surface area contributed by atoms with Gasteiger partial charge in [-0.25, -0.2) is 4.79 Å². The summed E-state index contributed by atoms with van der Waals surface area (Å²) in [7, 11) is 1.56. The predicted octanol–water partition coefficient (Wildman–Crippen LogP) is 3.51. The maximum absolute atomic E-state index is 12.0. The van der Waals surface area contributed by atoms with Crippen molar-refractivity contribution in [2.45, 2.75) is 45.8 Å². The average Bonchev–Trinajstić information content (AvgIpc) is 2.50. The van der Waals surface area contributed by atoms with Gasteiger partial charge in [0.15, 0.2) is 11.5 Å². The number of nitrogens with zero attached hydrogens (tertiary/aromatic N) is 1. The molecule has 1 atom stereocenters. The monoisotopic (exact) mass is 338 g/mol. The molecule has 0 fully saturated rings. The summed E-state index contributed by atoms with van der Waals surface area (Å²) < 4.78 is 16.1. The van der Waals surface area contributed by atoms with Crippen molar-refractivity contribution in [1.29, 1.82) is 0 Å². The van der Waals surface area contributed by atoms with Crippen molar-refractivity contribution < 1.29 is 24.2 Å². The number of carbonyl (C=O) groups is 1. The first-order chi connectivity index (χ1) is 11.3. The number of hydrogen-bond donors (Lipinski definition) is 2. The smallest absolute Gasteiger partial charge is 0.408 e. The molecule has 0 aliphatic rings. The highest BCUT2D eigenvalue weighted by atomic mass is 16.6. The van der Waals surface area contributed by atoms with E-state index in [1.807, 2.05) is 13.0 Å². The first-order valence-corrected chi connectivity index (χ1v) is 7.76. The van der Waals surface area contributed by atoms with E-state index in [0.717, 1.165) is 5.56 Å².